The molecule has 1 fully saturated rings. The van der Waals surface area contributed by atoms with E-state index in [2.05, 4.69) is 4.90 Å². The largest absolute Gasteiger partial charge is 0.398 e. The van der Waals surface area contributed by atoms with Gasteiger partial charge in [0.1, 0.15) is 0 Å². The summed E-state index contributed by atoms with van der Waals surface area (Å²) >= 11 is 0. The number of hydrogen-bond donors (Lipinski definition) is 1. The van der Waals surface area contributed by atoms with Gasteiger partial charge in [0.2, 0.25) is 0 Å². The molecule has 6 nitrogen and oxygen atoms in total. The average Bonchev–Trinajstić information content (AvgIpc) is 2.39. The van der Waals surface area contributed by atoms with Crippen molar-refractivity contribution in [3.63, 3.8) is 0 Å². The third-order valence-corrected chi connectivity index (χ3v) is 3.52. The van der Waals surface area contributed by atoms with Gasteiger partial charge in [-0.05, 0) is 24.8 Å². The van der Waals surface area contributed by atoms with Gasteiger partial charge in [-0.1, -0.05) is 0 Å². The van der Waals surface area contributed by atoms with E-state index in [0.717, 1.165) is 38.2 Å². The predicted octanol–water partition coefficient (Wildman–Crippen LogP) is 2.04. The van der Waals surface area contributed by atoms with Crippen LogP contribution in [0.15, 0.2) is 18.2 Å². The van der Waals surface area contributed by atoms with Crippen LogP contribution in [0.2, 0.25) is 0 Å². The van der Waals surface area contributed by atoms with Crippen LogP contribution in [0.25, 0.3) is 0 Å². The molecule has 0 saturated carbocycles. The average molecular weight is 265 g/mol. The Bertz CT molecular complexity index is 456. The van der Waals surface area contributed by atoms with Gasteiger partial charge in [0.15, 0.2) is 0 Å². The maximum atomic E-state index is 10.8. The highest BCUT2D eigenvalue weighted by atomic mass is 16.6. The minimum atomic E-state index is -0.405. The van der Waals surface area contributed by atoms with E-state index in [9.17, 15) is 10.1 Å². The molecule has 0 bridgehead atoms. The van der Waals surface area contributed by atoms with Crippen LogP contribution in [0.4, 0.5) is 17.1 Å². The Hall–Kier alpha value is -1.82. The first-order chi connectivity index (χ1) is 9.10. The van der Waals surface area contributed by atoms with E-state index in [4.69, 9.17) is 10.5 Å². The summed E-state index contributed by atoms with van der Waals surface area (Å²) in [6, 6.07) is 4.78. The molecule has 0 amide bonds. The summed E-state index contributed by atoms with van der Waals surface area (Å²) in [6.07, 6.45) is 2.08. The molecular formula is C13H19N3O3. The predicted molar refractivity (Wildman–Crippen MR) is 74.3 cm³/mol. The van der Waals surface area contributed by atoms with Crippen molar-refractivity contribution in [2.45, 2.75) is 12.8 Å². The number of nitrogens with two attached hydrogens (primary N) is 1. The Kier molecular flexibility index (Phi) is 4.21. The lowest BCUT2D eigenvalue weighted by Gasteiger charge is -2.33. The molecule has 1 aliphatic rings. The molecule has 1 saturated heterocycles. The van der Waals surface area contributed by atoms with Crippen molar-refractivity contribution in [3.05, 3.63) is 28.3 Å². The van der Waals surface area contributed by atoms with Crippen LogP contribution in [-0.2, 0) is 4.74 Å². The minimum Gasteiger partial charge on any atom is -0.398 e. The molecule has 1 heterocycles. The van der Waals surface area contributed by atoms with Crippen molar-refractivity contribution in [1.29, 1.82) is 0 Å². The number of nitro benzene ring substituents is 1. The molecule has 0 aromatic heterocycles. The Balaban J connectivity index is 2.09. The number of ether oxygens (including phenoxy) is 1. The van der Waals surface area contributed by atoms with Gasteiger partial charge in [0, 0.05) is 50.3 Å². The molecule has 0 aliphatic carbocycles. The number of methoxy groups -OCH3 is 1. The van der Waals surface area contributed by atoms with Gasteiger partial charge in [-0.2, -0.15) is 0 Å². The van der Waals surface area contributed by atoms with Crippen molar-refractivity contribution in [2.75, 3.05) is 37.4 Å². The monoisotopic (exact) mass is 265 g/mol. The number of nitro groups is 1. The zero-order valence-electron chi connectivity index (χ0n) is 11.0. The fourth-order valence-corrected chi connectivity index (χ4v) is 2.50. The molecule has 2 rings (SSSR count). The first kappa shape index (κ1) is 13.6. The van der Waals surface area contributed by atoms with E-state index in [1.54, 1.807) is 19.2 Å². The molecule has 1 aliphatic heterocycles. The Morgan fingerprint density at radius 2 is 2.11 bits per heavy atom. The zero-order valence-corrected chi connectivity index (χ0v) is 11.0. The molecule has 6 heteroatoms. The van der Waals surface area contributed by atoms with E-state index >= 15 is 0 Å². The molecule has 1 aromatic carbocycles. The molecule has 0 spiro atoms. The summed E-state index contributed by atoms with van der Waals surface area (Å²) in [5.74, 6) is 0.581. The fourth-order valence-electron chi connectivity index (χ4n) is 2.50. The minimum absolute atomic E-state index is 0.0500. The number of anilines is 2. The fraction of sp³-hybridized carbons (Fsp3) is 0.538. The molecule has 0 radical (unpaired) electrons. The van der Waals surface area contributed by atoms with Crippen LogP contribution in [0.3, 0.4) is 0 Å². The second kappa shape index (κ2) is 5.88. The van der Waals surface area contributed by atoms with Crippen LogP contribution in [0.1, 0.15) is 12.8 Å². The zero-order chi connectivity index (χ0) is 13.8. The Labute approximate surface area is 112 Å². The van der Waals surface area contributed by atoms with E-state index in [-0.39, 0.29) is 5.69 Å². The van der Waals surface area contributed by atoms with Gasteiger partial charge in [0.05, 0.1) is 4.92 Å². The van der Waals surface area contributed by atoms with Gasteiger partial charge in [-0.15, -0.1) is 0 Å². The maximum Gasteiger partial charge on any atom is 0.273 e. The lowest BCUT2D eigenvalue weighted by Crippen LogP contribution is -2.35. The maximum absolute atomic E-state index is 10.8. The van der Waals surface area contributed by atoms with Crippen LogP contribution >= 0.6 is 0 Å². The van der Waals surface area contributed by atoms with Crippen molar-refractivity contribution >= 4 is 17.1 Å². The lowest BCUT2D eigenvalue weighted by atomic mass is 9.97. The summed E-state index contributed by atoms with van der Waals surface area (Å²) in [5.41, 5.74) is 7.05. The molecule has 1 aromatic rings. The number of piperidine rings is 1. The number of benzene rings is 1. The van der Waals surface area contributed by atoms with Gasteiger partial charge in [0.25, 0.3) is 5.69 Å². The Morgan fingerprint density at radius 1 is 1.42 bits per heavy atom. The van der Waals surface area contributed by atoms with Crippen LogP contribution in [-0.4, -0.2) is 31.7 Å². The van der Waals surface area contributed by atoms with Crippen molar-refractivity contribution < 1.29 is 9.66 Å². The summed E-state index contributed by atoms with van der Waals surface area (Å²) in [5, 5.41) is 10.8. The number of non-ortho nitro benzene ring substituents is 1. The van der Waals surface area contributed by atoms with Gasteiger partial charge >= 0.3 is 0 Å². The summed E-state index contributed by atoms with van der Waals surface area (Å²) in [7, 11) is 1.72. The van der Waals surface area contributed by atoms with Crippen LogP contribution in [0.5, 0.6) is 0 Å². The second-order valence-corrected chi connectivity index (χ2v) is 4.93. The number of rotatable bonds is 4. The molecule has 0 unspecified atom stereocenters. The van der Waals surface area contributed by atoms with Gasteiger partial charge in [-0.25, -0.2) is 0 Å². The molecule has 2 N–H and O–H groups in total. The smallest absolute Gasteiger partial charge is 0.273 e. The second-order valence-electron chi connectivity index (χ2n) is 4.93. The quantitative estimate of drug-likeness (QED) is 0.512. The molecule has 104 valence electrons. The van der Waals surface area contributed by atoms with Crippen LogP contribution < -0.4 is 10.6 Å². The van der Waals surface area contributed by atoms with Crippen LogP contribution in [0, 0.1) is 16.0 Å². The highest BCUT2D eigenvalue weighted by Gasteiger charge is 2.21. The summed E-state index contributed by atoms with van der Waals surface area (Å²) in [4.78, 5) is 12.6. The van der Waals surface area contributed by atoms with Crippen molar-refractivity contribution in [1.82, 2.24) is 0 Å². The number of nitrogens with zero attached hydrogens (tertiary/aromatic N) is 2. The Morgan fingerprint density at radius 3 is 2.68 bits per heavy atom. The first-order valence-electron chi connectivity index (χ1n) is 6.39. The molecule has 19 heavy (non-hydrogen) atoms. The number of hydrogen-bond acceptors (Lipinski definition) is 5. The molecular weight excluding hydrogens is 246 g/mol. The van der Waals surface area contributed by atoms with Gasteiger partial charge < -0.3 is 15.4 Å². The summed E-state index contributed by atoms with van der Waals surface area (Å²) < 4.78 is 5.16. The topological polar surface area (TPSA) is 81.6 Å². The van der Waals surface area contributed by atoms with E-state index in [0.29, 0.717) is 11.6 Å². The van der Waals surface area contributed by atoms with Crippen molar-refractivity contribution in [2.24, 2.45) is 5.92 Å². The normalized spacial score (nSPS) is 16.6. The number of nitrogen functional groups attached to an aromatic ring is 1. The third-order valence-electron chi connectivity index (χ3n) is 3.52. The van der Waals surface area contributed by atoms with E-state index in [1.807, 2.05) is 0 Å². The van der Waals surface area contributed by atoms with Crippen molar-refractivity contribution in [3.8, 4) is 0 Å². The SMILES string of the molecule is COCC1CCN(c2cc(N)cc([N+](=O)[O-])c2)CC1. The van der Waals surface area contributed by atoms with E-state index in [1.165, 1.54) is 6.07 Å². The standard InChI is InChI=1S/C13H19N3O3/c1-19-9-10-2-4-15(5-3-10)12-6-11(14)7-13(8-12)16(17)18/h6-8,10H,2-5,9,14H2,1H3. The van der Waals surface area contributed by atoms with Gasteiger partial charge in [-0.3, -0.25) is 10.1 Å². The third kappa shape index (κ3) is 3.35. The van der Waals surface area contributed by atoms with E-state index < -0.39 is 4.92 Å². The first-order valence-corrected chi connectivity index (χ1v) is 6.39. The lowest BCUT2D eigenvalue weighted by molar-refractivity contribution is -0.384. The highest BCUT2D eigenvalue weighted by Crippen LogP contribution is 2.28. The summed E-state index contributed by atoms with van der Waals surface area (Å²) in [6.45, 7) is 2.55. The highest BCUT2D eigenvalue weighted by molar-refractivity contribution is 5.62. The molecule has 0 atom stereocenters.